The van der Waals surface area contributed by atoms with E-state index in [0.29, 0.717) is 6.54 Å². The lowest BCUT2D eigenvalue weighted by molar-refractivity contribution is -0.122. The number of hydrogen-bond acceptors (Lipinski definition) is 5. The summed E-state index contributed by atoms with van der Waals surface area (Å²) in [5.41, 5.74) is 8.05. The number of likely N-dealkylation sites (tertiary alicyclic amines) is 1. The van der Waals surface area contributed by atoms with E-state index in [1.807, 2.05) is 12.1 Å². The average Bonchev–Trinajstić information content (AvgIpc) is 2.86. The highest BCUT2D eigenvalue weighted by molar-refractivity contribution is 7.90. The third-order valence-electron chi connectivity index (χ3n) is 4.70. The molecule has 27 heavy (non-hydrogen) atoms. The molecule has 154 valence electrons. The molecule has 0 aliphatic carbocycles. The zero-order valence-electron chi connectivity index (χ0n) is 16.0. The molecule has 1 heterocycles. The monoisotopic (exact) mass is 417 g/mol. The molecule has 0 bridgehead atoms. The SMILES string of the molecule is CS(=O)(=O)CCC(N)C(=O)NCc1cccc(CN2CCCCCC2)c1.Cl. The summed E-state index contributed by atoms with van der Waals surface area (Å²) in [5.74, 6) is -0.390. The molecule has 0 spiro atoms. The van der Waals surface area contributed by atoms with Crippen LogP contribution in [0.25, 0.3) is 0 Å². The predicted octanol–water partition coefficient (Wildman–Crippen LogP) is 1.86. The van der Waals surface area contributed by atoms with E-state index in [2.05, 4.69) is 22.3 Å². The van der Waals surface area contributed by atoms with Crippen LogP contribution in [0.4, 0.5) is 0 Å². The summed E-state index contributed by atoms with van der Waals surface area (Å²) >= 11 is 0. The fourth-order valence-electron chi connectivity index (χ4n) is 3.18. The number of carbonyl (C=O) groups excluding carboxylic acids is 1. The summed E-state index contributed by atoms with van der Waals surface area (Å²) in [6, 6.07) is 7.43. The van der Waals surface area contributed by atoms with Crippen LogP contribution >= 0.6 is 12.4 Å². The summed E-state index contributed by atoms with van der Waals surface area (Å²) in [5, 5.41) is 2.80. The predicted molar refractivity (Wildman–Crippen MR) is 112 cm³/mol. The number of benzene rings is 1. The van der Waals surface area contributed by atoms with Gasteiger partial charge in [-0.05, 0) is 43.5 Å². The van der Waals surface area contributed by atoms with E-state index in [0.717, 1.165) is 31.5 Å². The van der Waals surface area contributed by atoms with E-state index in [4.69, 9.17) is 5.73 Å². The van der Waals surface area contributed by atoms with Crippen LogP contribution in [0.15, 0.2) is 24.3 Å². The third kappa shape index (κ3) is 9.55. The summed E-state index contributed by atoms with van der Waals surface area (Å²) in [6.07, 6.45) is 6.46. The first-order chi connectivity index (χ1) is 12.3. The second-order valence-electron chi connectivity index (χ2n) is 7.25. The normalized spacial score (nSPS) is 16.8. The van der Waals surface area contributed by atoms with Gasteiger partial charge in [-0.25, -0.2) is 8.42 Å². The molecule has 1 saturated heterocycles. The summed E-state index contributed by atoms with van der Waals surface area (Å²) in [4.78, 5) is 14.5. The number of amides is 1. The first-order valence-corrected chi connectivity index (χ1v) is 11.4. The van der Waals surface area contributed by atoms with Gasteiger partial charge in [-0.1, -0.05) is 37.1 Å². The van der Waals surface area contributed by atoms with Crippen LogP contribution in [0.1, 0.15) is 43.2 Å². The molecule has 1 fully saturated rings. The largest absolute Gasteiger partial charge is 0.351 e. The maximum absolute atomic E-state index is 12.0. The summed E-state index contributed by atoms with van der Waals surface area (Å²) in [7, 11) is -3.11. The van der Waals surface area contributed by atoms with Crippen molar-refractivity contribution < 1.29 is 13.2 Å². The van der Waals surface area contributed by atoms with Crippen molar-refractivity contribution in [2.24, 2.45) is 5.73 Å². The van der Waals surface area contributed by atoms with Crippen molar-refractivity contribution in [2.45, 2.75) is 51.2 Å². The molecular weight excluding hydrogens is 386 g/mol. The van der Waals surface area contributed by atoms with Gasteiger partial charge < -0.3 is 11.1 Å². The minimum atomic E-state index is -3.11. The Hall–Kier alpha value is -1.15. The number of halogens is 1. The van der Waals surface area contributed by atoms with Gasteiger partial charge in [0, 0.05) is 19.3 Å². The van der Waals surface area contributed by atoms with Gasteiger partial charge in [-0.2, -0.15) is 0 Å². The Morgan fingerprint density at radius 2 is 1.81 bits per heavy atom. The lowest BCUT2D eigenvalue weighted by Gasteiger charge is -2.20. The van der Waals surface area contributed by atoms with Crippen molar-refractivity contribution in [3.05, 3.63) is 35.4 Å². The molecule has 2 rings (SSSR count). The number of nitrogens with one attached hydrogen (secondary N) is 1. The highest BCUT2D eigenvalue weighted by Gasteiger charge is 2.16. The van der Waals surface area contributed by atoms with Crippen molar-refractivity contribution in [1.82, 2.24) is 10.2 Å². The van der Waals surface area contributed by atoms with Crippen molar-refractivity contribution in [3.63, 3.8) is 0 Å². The van der Waals surface area contributed by atoms with Crippen LogP contribution < -0.4 is 11.1 Å². The molecule has 1 atom stereocenters. The maximum atomic E-state index is 12.0. The Morgan fingerprint density at radius 1 is 1.19 bits per heavy atom. The third-order valence-corrected chi connectivity index (χ3v) is 5.68. The molecule has 3 N–H and O–H groups in total. The van der Waals surface area contributed by atoms with Crippen LogP contribution in [-0.4, -0.2) is 50.4 Å². The van der Waals surface area contributed by atoms with Crippen LogP contribution in [0, 0.1) is 0 Å². The van der Waals surface area contributed by atoms with Gasteiger partial charge in [0.15, 0.2) is 0 Å². The smallest absolute Gasteiger partial charge is 0.237 e. The average molecular weight is 418 g/mol. The van der Waals surface area contributed by atoms with E-state index >= 15 is 0 Å². The Labute approximate surface area is 169 Å². The van der Waals surface area contributed by atoms with E-state index in [1.165, 1.54) is 31.2 Å². The molecule has 0 aromatic heterocycles. The van der Waals surface area contributed by atoms with Crippen molar-refractivity contribution in [3.8, 4) is 0 Å². The van der Waals surface area contributed by atoms with E-state index in [9.17, 15) is 13.2 Å². The fraction of sp³-hybridized carbons (Fsp3) is 0.632. The van der Waals surface area contributed by atoms with Crippen molar-refractivity contribution in [2.75, 3.05) is 25.1 Å². The van der Waals surface area contributed by atoms with Gasteiger partial charge in [0.2, 0.25) is 5.91 Å². The summed E-state index contributed by atoms with van der Waals surface area (Å²) < 4.78 is 22.3. The first-order valence-electron chi connectivity index (χ1n) is 9.35. The van der Waals surface area contributed by atoms with Gasteiger partial charge in [0.05, 0.1) is 11.8 Å². The number of rotatable bonds is 8. The number of carbonyl (C=O) groups is 1. The van der Waals surface area contributed by atoms with Gasteiger partial charge in [0.1, 0.15) is 9.84 Å². The van der Waals surface area contributed by atoms with Gasteiger partial charge in [-0.15, -0.1) is 12.4 Å². The molecule has 1 aliphatic rings. The van der Waals surface area contributed by atoms with Crippen molar-refractivity contribution >= 4 is 28.2 Å². The second-order valence-corrected chi connectivity index (χ2v) is 9.51. The van der Waals surface area contributed by atoms with Gasteiger partial charge in [0.25, 0.3) is 0 Å². The molecular formula is C19H32ClN3O3S. The molecule has 6 nitrogen and oxygen atoms in total. The van der Waals surface area contributed by atoms with Crippen LogP contribution in [-0.2, 0) is 27.7 Å². The molecule has 1 aliphatic heterocycles. The van der Waals surface area contributed by atoms with Gasteiger partial charge in [-0.3, -0.25) is 9.69 Å². The molecule has 1 aromatic rings. The van der Waals surface area contributed by atoms with Crippen LogP contribution in [0.2, 0.25) is 0 Å². The zero-order valence-corrected chi connectivity index (χ0v) is 17.7. The van der Waals surface area contributed by atoms with Crippen molar-refractivity contribution in [1.29, 1.82) is 0 Å². The number of sulfone groups is 1. The molecule has 1 unspecified atom stereocenters. The van der Waals surface area contributed by atoms with Crippen LogP contribution in [0.3, 0.4) is 0 Å². The Bertz CT molecular complexity index is 689. The highest BCUT2D eigenvalue weighted by atomic mass is 35.5. The maximum Gasteiger partial charge on any atom is 0.237 e. The highest BCUT2D eigenvalue weighted by Crippen LogP contribution is 2.14. The topological polar surface area (TPSA) is 92.5 Å². The Morgan fingerprint density at radius 3 is 2.44 bits per heavy atom. The second kappa shape index (κ2) is 11.6. The lowest BCUT2D eigenvalue weighted by Crippen LogP contribution is -2.41. The standard InChI is InChI=1S/C19H31N3O3S.ClH/c1-26(24,25)12-9-18(20)19(23)21-14-16-7-6-8-17(13-16)15-22-10-4-2-3-5-11-22;/h6-8,13,18H,2-5,9-12,14-15,20H2,1H3,(H,21,23);1H. The first kappa shape index (κ1) is 23.9. The number of hydrogen-bond donors (Lipinski definition) is 2. The fourth-order valence-corrected chi connectivity index (χ4v) is 3.86. The number of nitrogens with zero attached hydrogens (tertiary/aromatic N) is 1. The van der Waals surface area contributed by atoms with Crippen LogP contribution in [0.5, 0.6) is 0 Å². The summed E-state index contributed by atoms with van der Waals surface area (Å²) in [6.45, 7) is 3.64. The molecule has 0 radical (unpaired) electrons. The quantitative estimate of drug-likeness (QED) is 0.673. The molecule has 0 saturated carbocycles. The number of nitrogens with two attached hydrogens (primary N) is 1. The minimum Gasteiger partial charge on any atom is -0.351 e. The zero-order chi connectivity index (χ0) is 19.0. The lowest BCUT2D eigenvalue weighted by atomic mass is 10.1. The van der Waals surface area contributed by atoms with Gasteiger partial charge >= 0.3 is 0 Å². The molecule has 1 amide bonds. The van der Waals surface area contributed by atoms with E-state index < -0.39 is 15.9 Å². The van der Waals surface area contributed by atoms with E-state index in [-0.39, 0.29) is 30.5 Å². The molecule has 1 aromatic carbocycles. The van der Waals surface area contributed by atoms with E-state index in [1.54, 1.807) is 0 Å². The Kier molecular flexibility index (Phi) is 10.3. The molecule has 8 heteroatoms. The Balaban J connectivity index is 0.00000364. The minimum absolute atomic E-state index is 0.